The van der Waals surface area contributed by atoms with E-state index in [2.05, 4.69) is 22.8 Å². The lowest BCUT2D eigenvalue weighted by Gasteiger charge is -2.14. The Morgan fingerprint density at radius 1 is 1.14 bits per heavy atom. The Labute approximate surface area is 134 Å². The highest BCUT2D eigenvalue weighted by Crippen LogP contribution is 2.31. The molecule has 1 atom stereocenters. The Kier molecular flexibility index (Phi) is 3.60. The Morgan fingerprint density at radius 3 is 2.77 bits per heavy atom. The molecular formula is C18H17ClN2O. The van der Waals surface area contributed by atoms with Gasteiger partial charge in [0.05, 0.1) is 17.6 Å². The summed E-state index contributed by atoms with van der Waals surface area (Å²) in [6, 6.07) is 16.2. The maximum absolute atomic E-state index is 6.34. The van der Waals surface area contributed by atoms with Crippen molar-refractivity contribution in [3.05, 3.63) is 64.9 Å². The van der Waals surface area contributed by atoms with Crippen LogP contribution in [0.1, 0.15) is 30.3 Å². The number of ether oxygens (including phenoxy) is 1. The van der Waals surface area contributed by atoms with Gasteiger partial charge >= 0.3 is 0 Å². The second-order valence-corrected chi connectivity index (χ2v) is 6.05. The summed E-state index contributed by atoms with van der Waals surface area (Å²) in [6.45, 7) is 1.54. The first-order valence-corrected chi connectivity index (χ1v) is 8.01. The molecule has 0 aliphatic carbocycles. The van der Waals surface area contributed by atoms with Crippen LogP contribution in [0.25, 0.3) is 11.0 Å². The molecule has 1 saturated heterocycles. The van der Waals surface area contributed by atoms with Gasteiger partial charge in [0.15, 0.2) is 0 Å². The number of rotatable bonds is 3. The molecule has 1 aliphatic rings. The minimum absolute atomic E-state index is 0.0925. The second-order valence-electron chi connectivity index (χ2n) is 5.64. The van der Waals surface area contributed by atoms with Gasteiger partial charge in [-0.05, 0) is 36.6 Å². The second kappa shape index (κ2) is 5.75. The molecule has 1 aliphatic heterocycles. The molecule has 0 unspecified atom stereocenters. The number of imidazole rings is 1. The average Bonchev–Trinajstić information content (AvgIpc) is 3.17. The molecule has 0 saturated carbocycles. The lowest BCUT2D eigenvalue weighted by atomic mass is 10.2. The van der Waals surface area contributed by atoms with Crippen LogP contribution in [0.3, 0.4) is 0 Å². The van der Waals surface area contributed by atoms with Gasteiger partial charge in [0.2, 0.25) is 0 Å². The van der Waals surface area contributed by atoms with Crippen molar-refractivity contribution in [2.45, 2.75) is 25.5 Å². The minimum Gasteiger partial charge on any atom is -0.370 e. The summed E-state index contributed by atoms with van der Waals surface area (Å²) in [5, 5.41) is 0.790. The molecule has 4 rings (SSSR count). The van der Waals surface area contributed by atoms with Gasteiger partial charge in [0.1, 0.15) is 11.9 Å². The Morgan fingerprint density at radius 2 is 1.95 bits per heavy atom. The van der Waals surface area contributed by atoms with Crippen LogP contribution in [0.4, 0.5) is 0 Å². The van der Waals surface area contributed by atoms with Crippen LogP contribution in [0.2, 0.25) is 5.02 Å². The zero-order chi connectivity index (χ0) is 14.9. The van der Waals surface area contributed by atoms with Crippen LogP contribution in [0.15, 0.2) is 48.5 Å². The van der Waals surface area contributed by atoms with E-state index in [0.29, 0.717) is 0 Å². The molecule has 1 fully saturated rings. The number of hydrogen-bond acceptors (Lipinski definition) is 2. The van der Waals surface area contributed by atoms with E-state index in [9.17, 15) is 0 Å². The predicted octanol–water partition coefficient (Wildman–Crippen LogP) is 4.59. The lowest BCUT2D eigenvalue weighted by molar-refractivity contribution is 0.103. The summed E-state index contributed by atoms with van der Waals surface area (Å²) in [5.41, 5.74) is 3.25. The van der Waals surface area contributed by atoms with E-state index in [-0.39, 0.29) is 6.10 Å². The van der Waals surface area contributed by atoms with E-state index in [1.54, 1.807) is 0 Å². The first-order valence-electron chi connectivity index (χ1n) is 7.63. The minimum atomic E-state index is 0.0925. The third kappa shape index (κ3) is 2.40. The molecule has 1 aromatic heterocycles. The van der Waals surface area contributed by atoms with Crippen molar-refractivity contribution >= 4 is 22.6 Å². The van der Waals surface area contributed by atoms with Crippen LogP contribution in [0, 0.1) is 0 Å². The molecule has 0 spiro atoms. The number of halogens is 1. The van der Waals surface area contributed by atoms with E-state index in [1.165, 1.54) is 0 Å². The van der Waals surface area contributed by atoms with Crippen molar-refractivity contribution in [1.82, 2.24) is 9.55 Å². The number of aromatic nitrogens is 2. The first kappa shape index (κ1) is 13.8. The zero-order valence-electron chi connectivity index (χ0n) is 12.2. The monoisotopic (exact) mass is 312 g/mol. The number of hydrogen-bond donors (Lipinski definition) is 0. The van der Waals surface area contributed by atoms with Crippen LogP contribution in [-0.4, -0.2) is 16.2 Å². The van der Waals surface area contributed by atoms with Crippen molar-refractivity contribution < 1.29 is 4.74 Å². The van der Waals surface area contributed by atoms with E-state index >= 15 is 0 Å². The average molecular weight is 313 g/mol. The first-order chi connectivity index (χ1) is 10.8. The molecule has 112 valence electrons. The van der Waals surface area contributed by atoms with E-state index in [4.69, 9.17) is 21.3 Å². The highest BCUT2D eigenvalue weighted by atomic mass is 35.5. The Hall–Kier alpha value is -1.84. The molecule has 3 nitrogen and oxygen atoms in total. The van der Waals surface area contributed by atoms with Crippen LogP contribution < -0.4 is 0 Å². The van der Waals surface area contributed by atoms with Gasteiger partial charge in [-0.25, -0.2) is 4.98 Å². The number of benzene rings is 2. The van der Waals surface area contributed by atoms with Crippen molar-refractivity contribution in [2.75, 3.05) is 6.61 Å². The van der Waals surface area contributed by atoms with E-state index in [1.807, 2.05) is 30.3 Å². The maximum atomic E-state index is 6.34. The molecule has 0 bridgehead atoms. The molecule has 0 radical (unpaired) electrons. The predicted molar refractivity (Wildman–Crippen MR) is 88.2 cm³/mol. The van der Waals surface area contributed by atoms with Crippen molar-refractivity contribution in [3.63, 3.8) is 0 Å². The third-order valence-electron chi connectivity index (χ3n) is 4.19. The highest BCUT2D eigenvalue weighted by molar-refractivity contribution is 6.31. The van der Waals surface area contributed by atoms with Gasteiger partial charge < -0.3 is 9.30 Å². The van der Waals surface area contributed by atoms with Gasteiger partial charge in [-0.1, -0.05) is 41.9 Å². The summed E-state index contributed by atoms with van der Waals surface area (Å²) >= 11 is 6.34. The summed E-state index contributed by atoms with van der Waals surface area (Å²) in [7, 11) is 0. The normalized spacial score (nSPS) is 18.1. The Bertz CT molecular complexity index is 806. The lowest BCUT2D eigenvalue weighted by Crippen LogP contribution is -2.09. The smallest absolute Gasteiger partial charge is 0.139 e. The number of nitrogens with zero attached hydrogens (tertiary/aromatic N) is 2. The molecule has 2 aromatic carbocycles. The van der Waals surface area contributed by atoms with Crippen LogP contribution in [-0.2, 0) is 11.3 Å². The van der Waals surface area contributed by atoms with Crippen molar-refractivity contribution in [3.8, 4) is 0 Å². The molecule has 3 aromatic rings. The van der Waals surface area contributed by atoms with Gasteiger partial charge in [-0.2, -0.15) is 0 Å². The fourth-order valence-electron chi connectivity index (χ4n) is 3.08. The fourth-order valence-corrected chi connectivity index (χ4v) is 3.28. The summed E-state index contributed by atoms with van der Waals surface area (Å²) in [5.74, 6) is 1.01. The zero-order valence-corrected chi connectivity index (χ0v) is 13.0. The summed E-state index contributed by atoms with van der Waals surface area (Å²) < 4.78 is 8.10. The number of para-hydroxylation sites is 2. The quantitative estimate of drug-likeness (QED) is 0.707. The van der Waals surface area contributed by atoms with E-state index in [0.717, 1.165) is 53.4 Å². The fraction of sp³-hybridized carbons (Fsp3) is 0.278. The molecule has 22 heavy (non-hydrogen) atoms. The summed E-state index contributed by atoms with van der Waals surface area (Å²) in [4.78, 5) is 4.82. The van der Waals surface area contributed by atoms with Gasteiger partial charge in [-0.15, -0.1) is 0 Å². The van der Waals surface area contributed by atoms with Gasteiger partial charge in [0, 0.05) is 11.6 Å². The van der Waals surface area contributed by atoms with Crippen LogP contribution in [0.5, 0.6) is 0 Å². The molecule has 0 amide bonds. The van der Waals surface area contributed by atoms with Crippen molar-refractivity contribution in [2.24, 2.45) is 0 Å². The maximum Gasteiger partial charge on any atom is 0.139 e. The molecule has 2 heterocycles. The van der Waals surface area contributed by atoms with Gasteiger partial charge in [-0.3, -0.25) is 0 Å². The standard InChI is InChI=1S/C18H17ClN2O/c19-14-7-2-1-6-13(14)12-21-16-9-4-3-8-15(16)20-18(21)17-10-5-11-22-17/h1-4,6-9,17H,5,10-12H2/t17-/m1/s1. The molecule has 0 N–H and O–H groups in total. The molecular weight excluding hydrogens is 296 g/mol. The highest BCUT2D eigenvalue weighted by Gasteiger charge is 2.24. The van der Waals surface area contributed by atoms with Crippen LogP contribution >= 0.6 is 11.6 Å². The SMILES string of the molecule is Clc1ccccc1Cn1c([C@H]2CCCO2)nc2ccccc21. The van der Waals surface area contributed by atoms with Crippen molar-refractivity contribution in [1.29, 1.82) is 0 Å². The Balaban J connectivity index is 1.83. The third-order valence-corrected chi connectivity index (χ3v) is 4.56. The molecule has 4 heteroatoms. The topological polar surface area (TPSA) is 27.1 Å². The largest absolute Gasteiger partial charge is 0.370 e. The number of fused-ring (bicyclic) bond motifs is 1. The van der Waals surface area contributed by atoms with Gasteiger partial charge in [0.25, 0.3) is 0 Å². The van der Waals surface area contributed by atoms with E-state index < -0.39 is 0 Å². The summed E-state index contributed by atoms with van der Waals surface area (Å²) in [6.07, 6.45) is 2.22.